The fraction of sp³-hybridized carbons (Fsp3) is 0.125. The van der Waals surface area contributed by atoms with E-state index >= 15 is 0 Å². The van der Waals surface area contributed by atoms with Crippen molar-refractivity contribution in [1.29, 1.82) is 0 Å². The molecule has 1 aromatic heterocycles. The Kier molecular flexibility index (Phi) is 4.56. The van der Waals surface area contributed by atoms with Crippen LogP contribution in [0.15, 0.2) is 42.7 Å². The molecule has 0 aliphatic rings. The number of aryl methyl sites for hydroxylation is 1. The lowest BCUT2D eigenvalue weighted by molar-refractivity contribution is -0.131. The van der Waals surface area contributed by atoms with E-state index in [1.807, 2.05) is 25.1 Å². The molecule has 0 aliphatic heterocycles. The third-order valence-electron chi connectivity index (χ3n) is 2.70. The van der Waals surface area contributed by atoms with Crippen LogP contribution in [0.2, 0.25) is 0 Å². The highest BCUT2D eigenvalue weighted by molar-refractivity contribution is 5.85. The van der Waals surface area contributed by atoms with Crippen LogP contribution < -0.4 is 9.47 Å². The molecule has 2 aromatic rings. The number of ether oxygens (including phenoxy) is 2. The second-order valence-electron chi connectivity index (χ2n) is 4.38. The van der Waals surface area contributed by atoms with Crippen molar-refractivity contribution in [3.8, 4) is 17.2 Å². The summed E-state index contributed by atoms with van der Waals surface area (Å²) in [4.78, 5) is 14.5. The molecule has 0 unspecified atom stereocenters. The van der Waals surface area contributed by atoms with Crippen LogP contribution >= 0.6 is 0 Å². The predicted octanol–water partition coefficient (Wildman–Crippen LogP) is 3.29. The van der Waals surface area contributed by atoms with Gasteiger partial charge < -0.3 is 14.6 Å². The number of benzene rings is 1. The van der Waals surface area contributed by atoms with E-state index in [1.54, 1.807) is 25.6 Å². The number of aromatic nitrogens is 1. The highest BCUT2D eigenvalue weighted by Gasteiger charge is 2.06. The first-order valence-corrected chi connectivity index (χ1v) is 6.27. The summed E-state index contributed by atoms with van der Waals surface area (Å²) in [5, 5.41) is 8.62. The summed E-state index contributed by atoms with van der Waals surface area (Å²) in [5.74, 6) is 0.692. The van der Waals surface area contributed by atoms with E-state index in [-0.39, 0.29) is 0 Å². The van der Waals surface area contributed by atoms with Crippen LogP contribution in [-0.2, 0) is 4.79 Å². The summed E-state index contributed by atoms with van der Waals surface area (Å²) in [6.45, 7) is 1.96. The number of carbonyl (C=O) groups is 1. The van der Waals surface area contributed by atoms with Crippen LogP contribution in [0, 0.1) is 6.92 Å². The van der Waals surface area contributed by atoms with Crippen LogP contribution in [0.25, 0.3) is 6.08 Å². The van der Waals surface area contributed by atoms with Crippen LogP contribution in [-0.4, -0.2) is 23.2 Å². The van der Waals surface area contributed by atoms with E-state index in [0.29, 0.717) is 22.8 Å². The Labute approximate surface area is 122 Å². The van der Waals surface area contributed by atoms with Crippen molar-refractivity contribution >= 4 is 12.0 Å². The van der Waals surface area contributed by atoms with Crippen LogP contribution in [0.3, 0.4) is 0 Å². The van der Waals surface area contributed by atoms with Crippen molar-refractivity contribution in [3.05, 3.63) is 53.9 Å². The molecule has 0 saturated heterocycles. The SMILES string of the molecule is COc1cc(C)ccc1Oc1cncc(/C=C/C(=O)O)c1. The molecule has 0 fully saturated rings. The predicted molar refractivity (Wildman–Crippen MR) is 78.7 cm³/mol. The third kappa shape index (κ3) is 4.07. The molecule has 1 aromatic carbocycles. The van der Waals surface area contributed by atoms with Gasteiger partial charge in [-0.05, 0) is 42.3 Å². The van der Waals surface area contributed by atoms with Crippen molar-refractivity contribution in [2.75, 3.05) is 7.11 Å². The Morgan fingerprint density at radius 2 is 2.05 bits per heavy atom. The zero-order valence-electron chi connectivity index (χ0n) is 11.7. The molecule has 5 nitrogen and oxygen atoms in total. The normalized spacial score (nSPS) is 10.6. The second kappa shape index (κ2) is 6.56. The summed E-state index contributed by atoms with van der Waals surface area (Å²) in [6.07, 6.45) is 5.61. The molecule has 108 valence electrons. The molecule has 0 aliphatic carbocycles. The summed E-state index contributed by atoms with van der Waals surface area (Å²) in [5.41, 5.74) is 1.71. The van der Waals surface area contributed by atoms with E-state index in [0.717, 1.165) is 11.6 Å². The van der Waals surface area contributed by atoms with Crippen LogP contribution in [0.4, 0.5) is 0 Å². The lowest BCUT2D eigenvalue weighted by atomic mass is 10.2. The van der Waals surface area contributed by atoms with E-state index in [4.69, 9.17) is 14.6 Å². The van der Waals surface area contributed by atoms with Crippen LogP contribution in [0.1, 0.15) is 11.1 Å². The first-order chi connectivity index (χ1) is 10.1. The molecule has 0 atom stereocenters. The number of hydrogen-bond donors (Lipinski definition) is 1. The fourth-order valence-corrected chi connectivity index (χ4v) is 1.74. The van der Waals surface area contributed by atoms with Gasteiger partial charge in [0.25, 0.3) is 0 Å². The Bertz CT molecular complexity index is 680. The molecular formula is C16H15NO4. The molecular weight excluding hydrogens is 270 g/mol. The maximum atomic E-state index is 10.5. The second-order valence-corrected chi connectivity index (χ2v) is 4.38. The molecule has 5 heteroatoms. The first-order valence-electron chi connectivity index (χ1n) is 6.27. The number of carboxylic acids is 1. The minimum Gasteiger partial charge on any atom is -0.493 e. The molecule has 0 spiro atoms. The van der Waals surface area contributed by atoms with Crippen molar-refractivity contribution in [2.24, 2.45) is 0 Å². The maximum Gasteiger partial charge on any atom is 0.328 e. The first kappa shape index (κ1) is 14.6. The quantitative estimate of drug-likeness (QED) is 0.854. The highest BCUT2D eigenvalue weighted by Crippen LogP contribution is 2.32. The van der Waals surface area contributed by atoms with E-state index < -0.39 is 5.97 Å². The summed E-state index contributed by atoms with van der Waals surface area (Å²) >= 11 is 0. The average molecular weight is 285 g/mol. The van der Waals surface area contributed by atoms with E-state index in [2.05, 4.69) is 4.98 Å². The minimum atomic E-state index is -1.01. The van der Waals surface area contributed by atoms with Gasteiger partial charge in [-0.2, -0.15) is 0 Å². The van der Waals surface area contributed by atoms with Gasteiger partial charge in [0.05, 0.1) is 13.3 Å². The van der Waals surface area contributed by atoms with Gasteiger partial charge in [-0.3, -0.25) is 4.98 Å². The lowest BCUT2D eigenvalue weighted by Crippen LogP contribution is -1.92. The van der Waals surface area contributed by atoms with Crippen molar-refractivity contribution in [1.82, 2.24) is 4.98 Å². The third-order valence-corrected chi connectivity index (χ3v) is 2.70. The molecule has 0 amide bonds. The molecule has 0 saturated carbocycles. The monoisotopic (exact) mass is 285 g/mol. The van der Waals surface area contributed by atoms with E-state index in [1.165, 1.54) is 6.08 Å². The van der Waals surface area contributed by atoms with Crippen LogP contribution in [0.5, 0.6) is 17.2 Å². The van der Waals surface area contributed by atoms with Gasteiger partial charge in [-0.25, -0.2) is 4.79 Å². The molecule has 21 heavy (non-hydrogen) atoms. The number of carboxylic acid groups (broad SMARTS) is 1. The molecule has 0 bridgehead atoms. The Hall–Kier alpha value is -2.82. The smallest absolute Gasteiger partial charge is 0.328 e. The van der Waals surface area contributed by atoms with Gasteiger partial charge >= 0.3 is 5.97 Å². The zero-order valence-corrected chi connectivity index (χ0v) is 11.7. The maximum absolute atomic E-state index is 10.5. The molecule has 0 radical (unpaired) electrons. The van der Waals surface area contributed by atoms with E-state index in [9.17, 15) is 4.79 Å². The van der Waals surface area contributed by atoms with Crippen molar-refractivity contribution in [3.63, 3.8) is 0 Å². The van der Waals surface area contributed by atoms with Gasteiger partial charge in [0.2, 0.25) is 0 Å². The number of rotatable bonds is 5. The molecule has 1 heterocycles. The fourth-order valence-electron chi connectivity index (χ4n) is 1.74. The van der Waals surface area contributed by atoms with Gasteiger partial charge in [0.15, 0.2) is 11.5 Å². The minimum absolute atomic E-state index is 0.504. The van der Waals surface area contributed by atoms with Gasteiger partial charge in [-0.1, -0.05) is 6.07 Å². The summed E-state index contributed by atoms with van der Waals surface area (Å²) in [6, 6.07) is 7.30. The number of nitrogens with zero attached hydrogens (tertiary/aromatic N) is 1. The van der Waals surface area contributed by atoms with Gasteiger partial charge in [0, 0.05) is 12.3 Å². The lowest BCUT2D eigenvalue weighted by Gasteiger charge is -2.11. The zero-order chi connectivity index (χ0) is 15.2. The standard InChI is InChI=1S/C16H15NO4/c1-11-3-5-14(15(7-11)20-2)21-13-8-12(9-17-10-13)4-6-16(18)19/h3-10H,1-2H3,(H,18,19)/b6-4+. The largest absolute Gasteiger partial charge is 0.493 e. The Morgan fingerprint density at radius 3 is 2.76 bits per heavy atom. The number of pyridine rings is 1. The molecule has 1 N–H and O–H groups in total. The number of hydrogen-bond acceptors (Lipinski definition) is 4. The molecule has 2 rings (SSSR count). The van der Waals surface area contributed by atoms with Gasteiger partial charge in [0.1, 0.15) is 5.75 Å². The number of methoxy groups -OCH3 is 1. The highest BCUT2D eigenvalue weighted by atomic mass is 16.5. The van der Waals surface area contributed by atoms with Crippen molar-refractivity contribution < 1.29 is 19.4 Å². The average Bonchev–Trinajstić information content (AvgIpc) is 2.47. The summed E-state index contributed by atoms with van der Waals surface area (Å²) in [7, 11) is 1.58. The summed E-state index contributed by atoms with van der Waals surface area (Å²) < 4.78 is 11.0. The number of aliphatic carboxylic acids is 1. The Balaban J connectivity index is 2.24. The van der Waals surface area contributed by atoms with Crippen molar-refractivity contribution in [2.45, 2.75) is 6.92 Å². The van der Waals surface area contributed by atoms with Gasteiger partial charge in [-0.15, -0.1) is 0 Å². The topological polar surface area (TPSA) is 68.7 Å². The Morgan fingerprint density at radius 1 is 1.24 bits per heavy atom.